The molecule has 0 radical (unpaired) electrons. The van der Waals surface area contributed by atoms with E-state index in [1.165, 1.54) is 66.8 Å². The Balaban J connectivity index is 1.14. The van der Waals surface area contributed by atoms with Crippen molar-refractivity contribution >= 4 is 17.1 Å². The van der Waals surface area contributed by atoms with Gasteiger partial charge in [-0.1, -0.05) is 172 Å². The van der Waals surface area contributed by atoms with E-state index in [9.17, 15) is 0 Å². The highest BCUT2D eigenvalue weighted by Gasteiger charge is 2.46. The number of fused-ring (bicyclic) bond motifs is 6. The summed E-state index contributed by atoms with van der Waals surface area (Å²) in [6, 6.07) is 73.9. The van der Waals surface area contributed by atoms with Crippen LogP contribution in [0.2, 0.25) is 0 Å². The SMILES string of the molecule is CC1(C)c2ccccc2-c2ccc(N(c3ccccc3)c3cccc(-c4ccc5c(c4)C(c4ccccc4)(c4ccccc4)c4ccccc4-5)c3)cc21. The van der Waals surface area contributed by atoms with Crippen LogP contribution in [0, 0.1) is 0 Å². The molecule has 8 aromatic rings. The second-order valence-electron chi connectivity index (χ2n) is 14.9. The van der Waals surface area contributed by atoms with Crippen molar-refractivity contribution in [2.75, 3.05) is 4.90 Å². The van der Waals surface area contributed by atoms with Gasteiger partial charge in [0.2, 0.25) is 0 Å². The van der Waals surface area contributed by atoms with Crippen molar-refractivity contribution in [1.29, 1.82) is 0 Å². The number of nitrogens with zero attached hydrogens (tertiary/aromatic N) is 1. The van der Waals surface area contributed by atoms with Crippen LogP contribution in [0.4, 0.5) is 17.1 Å². The molecule has 0 aliphatic heterocycles. The molecule has 53 heavy (non-hydrogen) atoms. The Morgan fingerprint density at radius 1 is 0.321 bits per heavy atom. The molecule has 0 aromatic heterocycles. The monoisotopic (exact) mass is 677 g/mol. The third kappa shape index (κ3) is 4.70. The predicted octanol–water partition coefficient (Wildman–Crippen LogP) is 13.5. The summed E-state index contributed by atoms with van der Waals surface area (Å²) in [6.07, 6.45) is 0. The van der Waals surface area contributed by atoms with Crippen LogP contribution < -0.4 is 4.90 Å². The molecule has 0 fully saturated rings. The van der Waals surface area contributed by atoms with Gasteiger partial charge < -0.3 is 4.90 Å². The largest absolute Gasteiger partial charge is 0.310 e. The van der Waals surface area contributed by atoms with E-state index in [4.69, 9.17) is 0 Å². The Morgan fingerprint density at radius 2 is 0.811 bits per heavy atom. The third-order valence-corrected chi connectivity index (χ3v) is 11.7. The summed E-state index contributed by atoms with van der Waals surface area (Å²) >= 11 is 0. The molecule has 0 spiro atoms. The van der Waals surface area contributed by atoms with Crippen LogP contribution in [0.15, 0.2) is 200 Å². The average Bonchev–Trinajstić information content (AvgIpc) is 3.64. The van der Waals surface area contributed by atoms with Crippen molar-refractivity contribution in [2.24, 2.45) is 0 Å². The van der Waals surface area contributed by atoms with Gasteiger partial charge in [-0.2, -0.15) is 0 Å². The first-order valence-electron chi connectivity index (χ1n) is 18.6. The first kappa shape index (κ1) is 31.3. The van der Waals surface area contributed by atoms with Crippen LogP contribution in [-0.4, -0.2) is 0 Å². The summed E-state index contributed by atoms with van der Waals surface area (Å²) in [5.74, 6) is 0. The smallest absolute Gasteiger partial charge is 0.0713 e. The molecule has 0 unspecified atom stereocenters. The molecular formula is C52H39N. The van der Waals surface area contributed by atoms with Gasteiger partial charge in [-0.3, -0.25) is 0 Å². The lowest BCUT2D eigenvalue weighted by Gasteiger charge is -2.34. The fraction of sp³-hybridized carbons (Fsp3) is 0.0769. The Labute approximate surface area is 312 Å². The molecule has 0 amide bonds. The molecule has 0 N–H and O–H groups in total. The molecular weight excluding hydrogens is 639 g/mol. The highest BCUT2D eigenvalue weighted by atomic mass is 15.1. The number of para-hydroxylation sites is 1. The quantitative estimate of drug-likeness (QED) is 0.169. The second-order valence-corrected chi connectivity index (χ2v) is 14.9. The molecule has 252 valence electrons. The molecule has 0 bridgehead atoms. The average molecular weight is 678 g/mol. The van der Waals surface area contributed by atoms with Crippen molar-refractivity contribution in [1.82, 2.24) is 0 Å². The van der Waals surface area contributed by atoms with E-state index in [0.29, 0.717) is 0 Å². The summed E-state index contributed by atoms with van der Waals surface area (Å²) in [5, 5.41) is 0. The molecule has 0 heterocycles. The Morgan fingerprint density at radius 3 is 1.51 bits per heavy atom. The number of hydrogen-bond acceptors (Lipinski definition) is 1. The fourth-order valence-electron chi connectivity index (χ4n) is 9.30. The summed E-state index contributed by atoms with van der Waals surface area (Å²) in [6.45, 7) is 4.71. The lowest BCUT2D eigenvalue weighted by atomic mass is 9.67. The highest BCUT2D eigenvalue weighted by molar-refractivity contribution is 5.90. The number of anilines is 3. The first-order valence-corrected chi connectivity index (χ1v) is 18.6. The highest BCUT2D eigenvalue weighted by Crippen LogP contribution is 2.57. The van der Waals surface area contributed by atoms with Crippen molar-refractivity contribution in [2.45, 2.75) is 24.7 Å². The van der Waals surface area contributed by atoms with Crippen molar-refractivity contribution in [3.8, 4) is 33.4 Å². The van der Waals surface area contributed by atoms with Crippen LogP contribution in [-0.2, 0) is 10.8 Å². The minimum absolute atomic E-state index is 0.0852. The molecule has 2 aliphatic carbocycles. The summed E-state index contributed by atoms with van der Waals surface area (Å²) < 4.78 is 0. The van der Waals surface area contributed by atoms with Gasteiger partial charge in [-0.25, -0.2) is 0 Å². The maximum Gasteiger partial charge on any atom is 0.0713 e. The zero-order chi connectivity index (χ0) is 35.6. The van der Waals surface area contributed by atoms with E-state index >= 15 is 0 Å². The number of rotatable bonds is 6. The Kier molecular flexibility index (Phi) is 7.13. The van der Waals surface area contributed by atoms with E-state index in [1.807, 2.05) is 0 Å². The molecule has 8 aromatic carbocycles. The Bertz CT molecular complexity index is 2600. The van der Waals surface area contributed by atoms with Gasteiger partial charge in [-0.15, -0.1) is 0 Å². The second kappa shape index (κ2) is 12.1. The summed E-state index contributed by atoms with van der Waals surface area (Å²) in [4.78, 5) is 2.41. The topological polar surface area (TPSA) is 3.24 Å². The van der Waals surface area contributed by atoms with Crippen molar-refractivity contribution in [3.63, 3.8) is 0 Å². The van der Waals surface area contributed by atoms with E-state index in [1.54, 1.807) is 0 Å². The van der Waals surface area contributed by atoms with Gasteiger partial charge >= 0.3 is 0 Å². The Hall–Kier alpha value is -6.44. The van der Waals surface area contributed by atoms with Gasteiger partial charge in [0.15, 0.2) is 0 Å². The van der Waals surface area contributed by atoms with Crippen molar-refractivity contribution < 1.29 is 0 Å². The van der Waals surface area contributed by atoms with Crippen LogP contribution in [0.1, 0.15) is 47.2 Å². The number of benzene rings is 8. The van der Waals surface area contributed by atoms with Crippen LogP contribution >= 0.6 is 0 Å². The van der Waals surface area contributed by atoms with E-state index < -0.39 is 5.41 Å². The van der Waals surface area contributed by atoms with Gasteiger partial charge in [0.25, 0.3) is 0 Å². The lowest BCUT2D eigenvalue weighted by Crippen LogP contribution is -2.28. The molecule has 2 aliphatic rings. The fourth-order valence-corrected chi connectivity index (χ4v) is 9.30. The van der Waals surface area contributed by atoms with Crippen LogP contribution in [0.25, 0.3) is 33.4 Å². The summed E-state index contributed by atoms with van der Waals surface area (Å²) in [5.41, 5.74) is 18.5. The zero-order valence-electron chi connectivity index (χ0n) is 30.0. The molecule has 1 heteroatoms. The van der Waals surface area contributed by atoms with Gasteiger partial charge in [-0.05, 0) is 109 Å². The normalized spacial score (nSPS) is 14.2. The molecule has 1 nitrogen and oxygen atoms in total. The number of hydrogen-bond donors (Lipinski definition) is 0. The standard InChI is InChI=1S/C52H39N/c1-51(2)47-27-14-12-25-43(47)45-32-30-42(35-49(45)51)53(40-22-10-5-11-23-40)41-24-16-17-36(33-41)37-29-31-46-44-26-13-15-28-48(44)52(50(46)34-37,38-18-6-3-7-19-38)39-20-8-4-9-21-39/h3-35H,1-2H3. The first-order chi connectivity index (χ1) is 26.0. The van der Waals surface area contributed by atoms with E-state index in [2.05, 4.69) is 219 Å². The molecule has 0 saturated heterocycles. The van der Waals surface area contributed by atoms with Crippen LogP contribution in [0.5, 0.6) is 0 Å². The zero-order valence-corrected chi connectivity index (χ0v) is 30.0. The maximum absolute atomic E-state index is 2.45. The third-order valence-electron chi connectivity index (χ3n) is 11.7. The van der Waals surface area contributed by atoms with Gasteiger partial charge in [0, 0.05) is 22.5 Å². The van der Waals surface area contributed by atoms with Crippen LogP contribution in [0.3, 0.4) is 0 Å². The van der Waals surface area contributed by atoms with E-state index in [0.717, 1.165) is 17.1 Å². The minimum Gasteiger partial charge on any atom is -0.310 e. The summed E-state index contributed by atoms with van der Waals surface area (Å²) in [7, 11) is 0. The maximum atomic E-state index is 2.45. The molecule has 0 saturated carbocycles. The molecule has 0 atom stereocenters. The van der Waals surface area contributed by atoms with E-state index in [-0.39, 0.29) is 5.41 Å². The lowest BCUT2D eigenvalue weighted by molar-refractivity contribution is 0.660. The van der Waals surface area contributed by atoms with Gasteiger partial charge in [0.05, 0.1) is 5.41 Å². The van der Waals surface area contributed by atoms with Crippen molar-refractivity contribution in [3.05, 3.63) is 234 Å². The van der Waals surface area contributed by atoms with Gasteiger partial charge in [0.1, 0.15) is 0 Å². The minimum atomic E-state index is -0.438. The predicted molar refractivity (Wildman–Crippen MR) is 221 cm³/mol. The molecule has 10 rings (SSSR count).